The predicted molar refractivity (Wildman–Crippen MR) is 120 cm³/mol. The number of allylic oxidation sites excluding steroid dienone is 1. The number of aryl methyl sites for hydroxylation is 1. The Kier molecular flexibility index (Phi) is 4.58. The van der Waals surface area contributed by atoms with Crippen molar-refractivity contribution in [3.8, 4) is 0 Å². The summed E-state index contributed by atoms with van der Waals surface area (Å²) in [5.74, 6) is 0.580. The summed E-state index contributed by atoms with van der Waals surface area (Å²) in [5, 5.41) is 0. The van der Waals surface area contributed by atoms with Crippen LogP contribution >= 0.6 is 0 Å². The highest BCUT2D eigenvalue weighted by Gasteiger charge is 2.22. The van der Waals surface area contributed by atoms with Crippen LogP contribution in [0.4, 0.5) is 4.39 Å². The molecule has 3 aromatic rings. The van der Waals surface area contributed by atoms with Gasteiger partial charge in [0.05, 0.1) is 11.2 Å². The number of hydrogen-bond donors (Lipinski definition) is 0. The fraction of sp³-hybridized carbons (Fsp3) is 0.360. The van der Waals surface area contributed by atoms with E-state index in [-0.39, 0.29) is 11.9 Å². The quantitative estimate of drug-likeness (QED) is 0.606. The number of likely N-dealkylation sites (N-methyl/N-ethyl adjacent to an activating group) is 1. The van der Waals surface area contributed by atoms with E-state index in [9.17, 15) is 0 Å². The maximum Gasteiger partial charge on any atom is 0.151 e. The first-order chi connectivity index (χ1) is 14.4. The van der Waals surface area contributed by atoms with E-state index >= 15 is 4.39 Å². The third-order valence-electron chi connectivity index (χ3n) is 6.30. The van der Waals surface area contributed by atoms with Crippen molar-refractivity contribution in [2.75, 3.05) is 20.1 Å². The van der Waals surface area contributed by atoms with Gasteiger partial charge < -0.3 is 9.47 Å². The summed E-state index contributed by atoms with van der Waals surface area (Å²) >= 11 is 0. The van der Waals surface area contributed by atoms with Gasteiger partial charge >= 0.3 is 0 Å². The SMILES string of the molecule is Cc1nc2c(F)cc(C3=CCc4ncc(C5=CCN(C)CC5)cc43)cc2n1C(C)C. The number of rotatable bonds is 3. The molecule has 2 aliphatic rings. The molecule has 0 bridgehead atoms. The van der Waals surface area contributed by atoms with Crippen molar-refractivity contribution in [3.63, 3.8) is 0 Å². The van der Waals surface area contributed by atoms with E-state index in [0.29, 0.717) is 5.52 Å². The zero-order valence-electron chi connectivity index (χ0n) is 18.0. The highest BCUT2D eigenvalue weighted by atomic mass is 19.1. The Balaban J connectivity index is 1.60. The molecule has 0 N–H and O–H groups in total. The smallest absolute Gasteiger partial charge is 0.151 e. The number of fused-ring (bicyclic) bond motifs is 2. The van der Waals surface area contributed by atoms with Gasteiger partial charge in [-0.05, 0) is 74.7 Å². The molecule has 0 spiro atoms. The van der Waals surface area contributed by atoms with Crippen molar-refractivity contribution in [3.05, 3.63) is 70.6 Å². The van der Waals surface area contributed by atoms with Crippen molar-refractivity contribution in [2.24, 2.45) is 0 Å². The number of nitrogens with zero attached hydrogens (tertiary/aromatic N) is 4. The van der Waals surface area contributed by atoms with E-state index in [1.165, 1.54) is 11.1 Å². The van der Waals surface area contributed by atoms with Crippen LogP contribution in [0.5, 0.6) is 0 Å². The number of pyridine rings is 1. The zero-order chi connectivity index (χ0) is 21.0. The topological polar surface area (TPSA) is 34.0 Å². The van der Waals surface area contributed by atoms with E-state index in [2.05, 4.69) is 59.6 Å². The predicted octanol–water partition coefficient (Wildman–Crippen LogP) is 5.17. The molecule has 0 atom stereocenters. The zero-order valence-corrected chi connectivity index (χ0v) is 18.0. The van der Waals surface area contributed by atoms with Crippen molar-refractivity contribution in [1.82, 2.24) is 19.4 Å². The minimum Gasteiger partial charge on any atom is -0.326 e. The van der Waals surface area contributed by atoms with Crippen LogP contribution < -0.4 is 0 Å². The molecule has 0 amide bonds. The van der Waals surface area contributed by atoms with Gasteiger partial charge in [-0.2, -0.15) is 0 Å². The van der Waals surface area contributed by atoms with Gasteiger partial charge in [-0.25, -0.2) is 9.37 Å². The van der Waals surface area contributed by atoms with Gasteiger partial charge in [0.25, 0.3) is 0 Å². The lowest BCUT2D eigenvalue weighted by Crippen LogP contribution is -2.23. The summed E-state index contributed by atoms with van der Waals surface area (Å²) in [6.07, 6.45) is 8.28. The van der Waals surface area contributed by atoms with E-state index in [0.717, 1.165) is 59.7 Å². The highest BCUT2D eigenvalue weighted by Crippen LogP contribution is 2.36. The van der Waals surface area contributed by atoms with E-state index < -0.39 is 0 Å². The number of halogens is 1. The Morgan fingerprint density at radius 3 is 2.67 bits per heavy atom. The Bertz CT molecular complexity index is 1220. The molecule has 0 fully saturated rings. The van der Waals surface area contributed by atoms with Crippen LogP contribution in [0.1, 0.15) is 54.5 Å². The second kappa shape index (κ2) is 7.17. The summed E-state index contributed by atoms with van der Waals surface area (Å²) in [6, 6.07) is 6.17. The summed E-state index contributed by atoms with van der Waals surface area (Å²) in [7, 11) is 2.14. The molecule has 3 heterocycles. The van der Waals surface area contributed by atoms with Crippen LogP contribution in [0.2, 0.25) is 0 Å². The molecule has 5 heteroatoms. The molecule has 154 valence electrons. The van der Waals surface area contributed by atoms with Crippen LogP contribution in [0.3, 0.4) is 0 Å². The number of imidazole rings is 1. The summed E-state index contributed by atoms with van der Waals surface area (Å²) < 4.78 is 17.1. The van der Waals surface area contributed by atoms with Crippen molar-refractivity contribution in [2.45, 2.75) is 39.7 Å². The average Bonchev–Trinajstić information content (AvgIpc) is 3.28. The standard InChI is InChI=1S/C25H27FN4/c1-15(2)30-16(3)28-25-22(26)12-18(13-24(25)30)20-5-6-23-21(20)11-19(14-27-23)17-7-9-29(4)10-8-17/h5,7,11-15H,6,8-10H2,1-4H3. The lowest BCUT2D eigenvalue weighted by molar-refractivity contribution is 0.370. The normalized spacial score (nSPS) is 16.9. The van der Waals surface area contributed by atoms with Gasteiger partial charge in [-0.3, -0.25) is 4.98 Å². The average molecular weight is 403 g/mol. The van der Waals surface area contributed by atoms with Crippen LogP contribution in [0, 0.1) is 12.7 Å². The highest BCUT2D eigenvalue weighted by molar-refractivity contribution is 5.90. The molecule has 0 saturated carbocycles. The molecule has 0 unspecified atom stereocenters. The maximum absolute atomic E-state index is 15.0. The summed E-state index contributed by atoms with van der Waals surface area (Å²) in [4.78, 5) is 11.5. The van der Waals surface area contributed by atoms with Crippen LogP contribution in [-0.2, 0) is 6.42 Å². The number of hydrogen-bond acceptors (Lipinski definition) is 3. The van der Waals surface area contributed by atoms with Crippen LogP contribution in [-0.4, -0.2) is 39.6 Å². The molecule has 1 aliphatic heterocycles. The molecule has 2 aromatic heterocycles. The lowest BCUT2D eigenvalue weighted by atomic mass is 9.95. The third kappa shape index (κ3) is 3.08. The Labute approximate surface area is 176 Å². The van der Waals surface area contributed by atoms with E-state index in [4.69, 9.17) is 4.98 Å². The first-order valence-corrected chi connectivity index (χ1v) is 10.7. The first-order valence-electron chi connectivity index (χ1n) is 10.7. The fourth-order valence-corrected chi connectivity index (χ4v) is 4.76. The Morgan fingerprint density at radius 2 is 1.93 bits per heavy atom. The maximum atomic E-state index is 15.0. The second-order valence-corrected chi connectivity index (χ2v) is 8.73. The van der Waals surface area contributed by atoms with Crippen LogP contribution in [0.25, 0.3) is 22.2 Å². The van der Waals surface area contributed by atoms with Crippen molar-refractivity contribution in [1.29, 1.82) is 0 Å². The van der Waals surface area contributed by atoms with Crippen molar-refractivity contribution < 1.29 is 4.39 Å². The number of benzene rings is 1. The number of aromatic nitrogens is 3. The Morgan fingerprint density at radius 1 is 1.10 bits per heavy atom. The summed E-state index contributed by atoms with van der Waals surface area (Å²) in [6.45, 7) is 8.18. The Hall–Kier alpha value is -2.79. The molecule has 5 rings (SSSR count). The van der Waals surface area contributed by atoms with Crippen molar-refractivity contribution >= 4 is 22.2 Å². The van der Waals surface area contributed by atoms with Gasteiger partial charge in [-0.1, -0.05) is 12.2 Å². The second-order valence-electron chi connectivity index (χ2n) is 8.73. The molecule has 4 nitrogen and oxygen atoms in total. The molecular weight excluding hydrogens is 375 g/mol. The van der Waals surface area contributed by atoms with E-state index in [1.54, 1.807) is 6.07 Å². The molecule has 0 radical (unpaired) electrons. The molecule has 30 heavy (non-hydrogen) atoms. The third-order valence-corrected chi connectivity index (χ3v) is 6.30. The molecule has 1 aliphatic carbocycles. The van der Waals surface area contributed by atoms with Gasteiger partial charge in [0.2, 0.25) is 0 Å². The fourth-order valence-electron chi connectivity index (χ4n) is 4.76. The monoisotopic (exact) mass is 402 g/mol. The molecular formula is C25H27FN4. The van der Waals surface area contributed by atoms with Gasteiger partial charge in [0.15, 0.2) is 5.82 Å². The van der Waals surface area contributed by atoms with Gasteiger partial charge in [0.1, 0.15) is 11.3 Å². The largest absolute Gasteiger partial charge is 0.326 e. The van der Waals surface area contributed by atoms with Gasteiger partial charge in [0, 0.05) is 37.3 Å². The molecule has 0 saturated heterocycles. The minimum atomic E-state index is -0.263. The minimum absolute atomic E-state index is 0.221. The van der Waals surface area contributed by atoms with E-state index in [1.807, 2.05) is 13.1 Å². The lowest BCUT2D eigenvalue weighted by Gasteiger charge is -2.22. The van der Waals surface area contributed by atoms with Crippen LogP contribution in [0.15, 0.2) is 36.5 Å². The molecule has 1 aromatic carbocycles. The summed E-state index contributed by atoms with van der Waals surface area (Å²) in [5.41, 5.74) is 8.00. The first kappa shape index (κ1) is 19.2. The van der Waals surface area contributed by atoms with Gasteiger partial charge in [-0.15, -0.1) is 0 Å².